The van der Waals surface area contributed by atoms with Crippen molar-refractivity contribution in [3.63, 3.8) is 0 Å². The first-order chi connectivity index (χ1) is 31.0. The molecule has 64 heavy (non-hydrogen) atoms. The van der Waals surface area contributed by atoms with Gasteiger partial charge in [0.25, 0.3) is 7.82 Å². The van der Waals surface area contributed by atoms with Crippen LogP contribution in [0.2, 0.25) is 0 Å². The Balaban J connectivity index is 4.12. The van der Waals surface area contributed by atoms with E-state index >= 15 is 0 Å². The highest BCUT2D eigenvalue weighted by molar-refractivity contribution is 7.45. The predicted molar refractivity (Wildman–Crippen MR) is 274 cm³/mol. The number of hydrogen-bond acceptors (Lipinski definition) is 6. The van der Waals surface area contributed by atoms with Gasteiger partial charge in [0.15, 0.2) is 0 Å². The van der Waals surface area contributed by atoms with Crippen LogP contribution in [-0.2, 0) is 18.4 Å². The molecule has 8 nitrogen and oxygen atoms in total. The zero-order chi connectivity index (χ0) is 47.1. The molecular formula is C55H103N2O6P. The predicted octanol–water partition coefficient (Wildman–Crippen LogP) is 15.1. The Bertz CT molecular complexity index is 1230. The van der Waals surface area contributed by atoms with Gasteiger partial charge in [-0.1, -0.05) is 229 Å². The number of rotatable bonds is 48. The minimum Gasteiger partial charge on any atom is -0.756 e. The summed E-state index contributed by atoms with van der Waals surface area (Å²) in [5, 5.41) is 13.8. The summed E-state index contributed by atoms with van der Waals surface area (Å²) in [4.78, 5) is 25.4. The first kappa shape index (κ1) is 62.2. The summed E-state index contributed by atoms with van der Waals surface area (Å²) in [7, 11) is 1.26. The molecule has 0 aliphatic rings. The summed E-state index contributed by atoms with van der Waals surface area (Å²) in [6.45, 7) is 4.54. The second-order valence-electron chi connectivity index (χ2n) is 19.2. The Morgan fingerprint density at radius 1 is 0.562 bits per heavy atom. The zero-order valence-electron chi connectivity index (χ0n) is 42.5. The molecule has 0 spiro atoms. The van der Waals surface area contributed by atoms with Crippen LogP contribution in [0.3, 0.4) is 0 Å². The first-order valence-corrected chi connectivity index (χ1v) is 28.1. The molecule has 2 N–H and O–H groups in total. The van der Waals surface area contributed by atoms with E-state index in [1.54, 1.807) is 6.08 Å². The molecule has 1 amide bonds. The average Bonchev–Trinajstić information content (AvgIpc) is 3.25. The fourth-order valence-electron chi connectivity index (χ4n) is 7.56. The lowest BCUT2D eigenvalue weighted by Gasteiger charge is -2.29. The van der Waals surface area contributed by atoms with Crippen LogP contribution in [0.5, 0.6) is 0 Å². The van der Waals surface area contributed by atoms with Gasteiger partial charge in [0.1, 0.15) is 13.2 Å². The number of amides is 1. The maximum absolute atomic E-state index is 12.9. The number of carbonyl (C=O) groups is 1. The molecule has 0 rings (SSSR count). The van der Waals surface area contributed by atoms with Crippen molar-refractivity contribution in [3.05, 3.63) is 60.8 Å². The van der Waals surface area contributed by atoms with Gasteiger partial charge in [-0.05, 0) is 57.8 Å². The number of unbranched alkanes of at least 4 members (excludes halogenated alkanes) is 27. The molecule has 0 fully saturated rings. The average molecular weight is 919 g/mol. The summed E-state index contributed by atoms with van der Waals surface area (Å²) in [6.07, 6.45) is 61.4. The third kappa shape index (κ3) is 48.1. The number of likely N-dealkylation sites (N-methyl/N-ethyl adjacent to an activating group) is 1. The van der Waals surface area contributed by atoms with Gasteiger partial charge in [-0.2, -0.15) is 0 Å². The lowest BCUT2D eigenvalue weighted by molar-refractivity contribution is -0.870. The van der Waals surface area contributed by atoms with Crippen LogP contribution in [0.25, 0.3) is 0 Å². The van der Waals surface area contributed by atoms with Crippen LogP contribution >= 0.6 is 7.82 Å². The molecule has 0 heterocycles. The Morgan fingerprint density at radius 3 is 1.39 bits per heavy atom. The van der Waals surface area contributed by atoms with Gasteiger partial charge in [0.05, 0.1) is 39.9 Å². The highest BCUT2D eigenvalue weighted by Gasteiger charge is 2.23. The van der Waals surface area contributed by atoms with Crippen molar-refractivity contribution < 1.29 is 32.9 Å². The molecule has 3 atom stereocenters. The summed E-state index contributed by atoms with van der Waals surface area (Å²) in [5.41, 5.74) is 0. The molecule has 0 aromatic heterocycles. The van der Waals surface area contributed by atoms with Crippen molar-refractivity contribution in [3.8, 4) is 0 Å². The molecule has 0 aliphatic heterocycles. The lowest BCUT2D eigenvalue weighted by Crippen LogP contribution is -2.45. The number of phosphoric acid groups is 1. The van der Waals surface area contributed by atoms with Crippen molar-refractivity contribution >= 4 is 13.7 Å². The van der Waals surface area contributed by atoms with E-state index in [1.807, 2.05) is 27.2 Å². The second kappa shape index (κ2) is 46.3. The van der Waals surface area contributed by atoms with Gasteiger partial charge in [-0.3, -0.25) is 9.36 Å². The summed E-state index contributed by atoms with van der Waals surface area (Å²) >= 11 is 0. The van der Waals surface area contributed by atoms with Crippen LogP contribution < -0.4 is 10.2 Å². The molecule has 0 saturated carbocycles. The van der Waals surface area contributed by atoms with Gasteiger partial charge >= 0.3 is 0 Å². The topological polar surface area (TPSA) is 108 Å². The Kier molecular flexibility index (Phi) is 45.0. The van der Waals surface area contributed by atoms with Crippen LogP contribution in [-0.4, -0.2) is 68.5 Å². The van der Waals surface area contributed by atoms with Crippen LogP contribution in [0, 0.1) is 0 Å². The third-order valence-electron chi connectivity index (χ3n) is 11.7. The Hall–Kier alpha value is -1.80. The minimum atomic E-state index is -4.59. The van der Waals surface area contributed by atoms with E-state index in [9.17, 15) is 19.4 Å². The minimum absolute atomic E-state index is 0.00167. The van der Waals surface area contributed by atoms with E-state index in [-0.39, 0.29) is 19.1 Å². The number of allylic oxidation sites excluding steroid dienone is 9. The molecule has 0 aromatic rings. The normalized spacial score (nSPS) is 14.5. The van der Waals surface area contributed by atoms with Crippen molar-refractivity contribution in [1.29, 1.82) is 0 Å². The molecule has 0 saturated heterocycles. The summed E-state index contributed by atoms with van der Waals surface area (Å²) in [6, 6.07) is -0.886. The van der Waals surface area contributed by atoms with Crippen molar-refractivity contribution in [2.45, 2.75) is 244 Å². The van der Waals surface area contributed by atoms with Gasteiger partial charge < -0.3 is 28.8 Å². The number of hydrogen-bond donors (Lipinski definition) is 2. The van der Waals surface area contributed by atoms with Crippen molar-refractivity contribution in [1.82, 2.24) is 5.32 Å². The van der Waals surface area contributed by atoms with Gasteiger partial charge in [0.2, 0.25) is 5.91 Å². The lowest BCUT2D eigenvalue weighted by atomic mass is 10.0. The van der Waals surface area contributed by atoms with E-state index in [2.05, 4.69) is 67.8 Å². The molecule has 0 radical (unpaired) electrons. The molecule has 0 aliphatic carbocycles. The van der Waals surface area contributed by atoms with Gasteiger partial charge in [0, 0.05) is 6.42 Å². The van der Waals surface area contributed by atoms with Crippen LogP contribution in [0.15, 0.2) is 60.8 Å². The molecular weight excluding hydrogens is 816 g/mol. The number of nitrogens with one attached hydrogen (secondary N) is 1. The highest BCUT2D eigenvalue weighted by Crippen LogP contribution is 2.38. The Labute approximate surface area is 396 Å². The van der Waals surface area contributed by atoms with E-state index < -0.39 is 20.0 Å². The molecule has 9 heteroatoms. The van der Waals surface area contributed by atoms with E-state index in [0.29, 0.717) is 17.4 Å². The number of aliphatic hydroxyl groups excluding tert-OH is 1. The largest absolute Gasteiger partial charge is 0.756 e. The third-order valence-corrected chi connectivity index (χ3v) is 12.7. The SMILES string of the molecule is CC/C=C\C/C=C\C/C=C\C/C=C\CCCCCCCCCCCCCCCCCCC(=O)NC(COP(=O)([O-])OCC[N+](C)(C)C)C(O)/C=C/CCCCCCCCCCCCC. The number of phosphoric ester groups is 1. The fourth-order valence-corrected chi connectivity index (χ4v) is 8.28. The second-order valence-corrected chi connectivity index (χ2v) is 20.6. The smallest absolute Gasteiger partial charge is 0.268 e. The van der Waals surface area contributed by atoms with Gasteiger partial charge in [-0.15, -0.1) is 0 Å². The van der Waals surface area contributed by atoms with Crippen LogP contribution in [0.1, 0.15) is 232 Å². The quantitative estimate of drug-likeness (QED) is 0.0272. The summed E-state index contributed by atoms with van der Waals surface area (Å²) < 4.78 is 23.3. The Morgan fingerprint density at radius 2 is 0.953 bits per heavy atom. The monoisotopic (exact) mass is 919 g/mol. The molecule has 0 bridgehead atoms. The van der Waals surface area contributed by atoms with Crippen LogP contribution in [0.4, 0.5) is 0 Å². The highest BCUT2D eigenvalue weighted by atomic mass is 31.2. The summed E-state index contributed by atoms with van der Waals surface area (Å²) in [5.74, 6) is -0.198. The molecule has 374 valence electrons. The van der Waals surface area contributed by atoms with E-state index in [4.69, 9.17) is 9.05 Å². The van der Waals surface area contributed by atoms with E-state index in [0.717, 1.165) is 64.2 Å². The number of aliphatic hydroxyl groups is 1. The van der Waals surface area contributed by atoms with E-state index in [1.165, 1.54) is 148 Å². The maximum Gasteiger partial charge on any atom is 0.268 e. The van der Waals surface area contributed by atoms with Crippen molar-refractivity contribution in [2.24, 2.45) is 0 Å². The molecule has 0 aromatic carbocycles. The first-order valence-electron chi connectivity index (χ1n) is 26.7. The number of quaternary nitrogens is 1. The number of carbonyl (C=O) groups excluding carboxylic acids is 1. The van der Waals surface area contributed by atoms with Gasteiger partial charge in [-0.25, -0.2) is 0 Å². The molecule has 3 unspecified atom stereocenters. The van der Waals surface area contributed by atoms with Crippen molar-refractivity contribution in [2.75, 3.05) is 40.9 Å². The zero-order valence-corrected chi connectivity index (χ0v) is 43.4. The fraction of sp³-hybridized carbons (Fsp3) is 0.800. The number of nitrogens with zero attached hydrogens (tertiary/aromatic N) is 1. The standard InChI is InChI=1S/C55H103N2O6P/c1-6-8-10-12-14-16-18-20-21-22-23-24-25-26-27-28-29-30-31-32-33-34-35-37-39-41-43-45-47-49-55(59)56-53(52-63-64(60,61)62-51-50-57(3,4)5)54(58)48-46-44-42-40-38-36-19-17-15-13-11-9-7-2/h8,10,14,16,20-21,23-24,46,48,53-54,58H,6-7,9,11-13,15,17-19,22,25-45,47,49-52H2,1-5H3,(H-,56,59,60,61)/b10-8-,16-14-,21-20-,24-23-,48-46+. The maximum atomic E-state index is 12.9.